The van der Waals surface area contributed by atoms with Crippen LogP contribution in [0.5, 0.6) is 0 Å². The molecule has 19 heavy (non-hydrogen) atoms. The first-order valence-electron chi connectivity index (χ1n) is 7.28. The van der Waals surface area contributed by atoms with Gasteiger partial charge in [-0.1, -0.05) is 0 Å². The summed E-state index contributed by atoms with van der Waals surface area (Å²) in [7, 11) is 1.85. The van der Waals surface area contributed by atoms with Gasteiger partial charge >= 0.3 is 0 Å². The molecule has 5 nitrogen and oxygen atoms in total. The molecule has 0 saturated carbocycles. The first-order chi connectivity index (χ1) is 9.01. The van der Waals surface area contributed by atoms with E-state index in [1.54, 1.807) is 4.90 Å². The van der Waals surface area contributed by atoms with Crippen molar-refractivity contribution in [2.45, 2.75) is 39.7 Å². The monoisotopic (exact) mass is 269 g/mol. The molecular weight excluding hydrogens is 242 g/mol. The second-order valence-corrected chi connectivity index (χ2v) is 5.19. The molecule has 2 amide bonds. The van der Waals surface area contributed by atoms with E-state index in [-0.39, 0.29) is 17.9 Å². The Morgan fingerprint density at radius 3 is 2.16 bits per heavy atom. The van der Waals surface area contributed by atoms with Gasteiger partial charge in [-0.25, -0.2) is 0 Å². The quantitative estimate of drug-likeness (QED) is 0.716. The van der Waals surface area contributed by atoms with Crippen molar-refractivity contribution < 1.29 is 9.59 Å². The largest absolute Gasteiger partial charge is 0.342 e. The van der Waals surface area contributed by atoms with Crippen LogP contribution in [0.1, 0.15) is 33.6 Å². The smallest absolute Gasteiger partial charge is 0.239 e. The Morgan fingerprint density at radius 1 is 1.16 bits per heavy atom. The van der Waals surface area contributed by atoms with Crippen molar-refractivity contribution in [2.24, 2.45) is 0 Å². The number of rotatable bonds is 6. The van der Waals surface area contributed by atoms with Gasteiger partial charge in [0.15, 0.2) is 0 Å². The van der Waals surface area contributed by atoms with E-state index < -0.39 is 0 Å². The molecular formula is C14H27N3O2. The molecule has 0 bridgehead atoms. The Balaban J connectivity index is 2.49. The molecule has 1 atom stereocenters. The fraction of sp³-hybridized carbons (Fsp3) is 0.857. The summed E-state index contributed by atoms with van der Waals surface area (Å²) in [6.45, 7) is 9.30. The van der Waals surface area contributed by atoms with E-state index in [0.717, 1.165) is 39.0 Å². The Kier molecular flexibility index (Phi) is 6.28. The molecule has 1 heterocycles. The number of nitrogens with zero attached hydrogens (tertiary/aromatic N) is 3. The average Bonchev–Trinajstić information content (AvgIpc) is 2.92. The number of likely N-dealkylation sites (tertiary alicyclic amines) is 1. The zero-order valence-electron chi connectivity index (χ0n) is 12.7. The minimum absolute atomic E-state index is 0.0913. The van der Waals surface area contributed by atoms with Crippen molar-refractivity contribution >= 4 is 11.8 Å². The molecule has 0 aromatic rings. The van der Waals surface area contributed by atoms with Gasteiger partial charge in [-0.05, 0) is 40.7 Å². The molecule has 1 aliphatic rings. The molecule has 110 valence electrons. The highest BCUT2D eigenvalue weighted by Gasteiger charge is 2.27. The summed E-state index contributed by atoms with van der Waals surface area (Å²) in [5, 5.41) is 0. The predicted molar refractivity (Wildman–Crippen MR) is 75.8 cm³/mol. The van der Waals surface area contributed by atoms with Crippen LogP contribution >= 0.6 is 0 Å². The first kappa shape index (κ1) is 16.0. The molecule has 0 aliphatic carbocycles. The fourth-order valence-electron chi connectivity index (χ4n) is 2.42. The second-order valence-electron chi connectivity index (χ2n) is 5.19. The highest BCUT2D eigenvalue weighted by molar-refractivity contribution is 5.83. The van der Waals surface area contributed by atoms with Crippen LogP contribution in [0, 0.1) is 0 Å². The van der Waals surface area contributed by atoms with Crippen LogP contribution in [0.2, 0.25) is 0 Å². The first-order valence-corrected chi connectivity index (χ1v) is 7.28. The third-order valence-corrected chi connectivity index (χ3v) is 3.94. The van der Waals surface area contributed by atoms with Crippen LogP contribution < -0.4 is 0 Å². The van der Waals surface area contributed by atoms with E-state index in [4.69, 9.17) is 0 Å². The van der Waals surface area contributed by atoms with Crippen molar-refractivity contribution in [3.8, 4) is 0 Å². The van der Waals surface area contributed by atoms with Crippen LogP contribution in [0.15, 0.2) is 0 Å². The maximum Gasteiger partial charge on any atom is 0.239 e. The highest BCUT2D eigenvalue weighted by Crippen LogP contribution is 2.11. The van der Waals surface area contributed by atoms with Crippen LogP contribution in [-0.2, 0) is 9.59 Å². The summed E-state index contributed by atoms with van der Waals surface area (Å²) in [4.78, 5) is 29.8. The lowest BCUT2D eigenvalue weighted by Crippen LogP contribution is -2.48. The zero-order valence-corrected chi connectivity index (χ0v) is 12.7. The maximum atomic E-state index is 12.2. The van der Waals surface area contributed by atoms with Crippen molar-refractivity contribution in [3.05, 3.63) is 0 Å². The Labute approximate surface area is 116 Å². The van der Waals surface area contributed by atoms with Crippen LogP contribution in [-0.4, -0.2) is 72.3 Å². The van der Waals surface area contributed by atoms with Gasteiger partial charge in [0.1, 0.15) is 0 Å². The van der Waals surface area contributed by atoms with Crippen LogP contribution in [0.25, 0.3) is 0 Å². The number of hydrogen-bond donors (Lipinski definition) is 0. The second kappa shape index (κ2) is 7.48. The molecule has 0 spiro atoms. The SMILES string of the molecule is CCN(CC)C(=O)CN(C)C(C)C(=O)N1CCCC1. The van der Waals surface area contributed by atoms with E-state index in [1.807, 2.05) is 37.6 Å². The lowest BCUT2D eigenvalue weighted by atomic mass is 10.2. The number of amides is 2. The number of hydrogen-bond acceptors (Lipinski definition) is 3. The summed E-state index contributed by atoms with van der Waals surface area (Å²) in [6, 6.07) is -0.224. The molecule has 0 aromatic heterocycles. The normalized spacial score (nSPS) is 16.8. The Hall–Kier alpha value is -1.10. The lowest BCUT2D eigenvalue weighted by molar-refractivity contribution is -0.137. The molecule has 1 unspecified atom stereocenters. The van der Waals surface area contributed by atoms with Gasteiger partial charge in [0.05, 0.1) is 12.6 Å². The molecule has 0 N–H and O–H groups in total. The fourth-order valence-corrected chi connectivity index (χ4v) is 2.42. The van der Waals surface area contributed by atoms with Gasteiger partial charge in [-0.2, -0.15) is 0 Å². The third kappa shape index (κ3) is 4.20. The standard InChI is InChI=1S/C14H27N3O2/c1-5-16(6-2)13(18)11-15(4)12(3)14(19)17-9-7-8-10-17/h12H,5-11H2,1-4H3. The van der Waals surface area contributed by atoms with Gasteiger partial charge in [-0.3, -0.25) is 14.5 Å². The van der Waals surface area contributed by atoms with E-state index in [1.165, 1.54) is 0 Å². The van der Waals surface area contributed by atoms with Crippen molar-refractivity contribution in [1.29, 1.82) is 0 Å². The van der Waals surface area contributed by atoms with Crippen molar-refractivity contribution in [3.63, 3.8) is 0 Å². The molecule has 1 rings (SSSR count). The van der Waals surface area contributed by atoms with E-state index in [2.05, 4.69) is 0 Å². The maximum absolute atomic E-state index is 12.2. The molecule has 1 aliphatic heterocycles. The minimum atomic E-state index is -0.224. The number of carbonyl (C=O) groups is 2. The van der Waals surface area contributed by atoms with E-state index >= 15 is 0 Å². The van der Waals surface area contributed by atoms with Crippen LogP contribution in [0.3, 0.4) is 0 Å². The average molecular weight is 269 g/mol. The molecule has 5 heteroatoms. The predicted octanol–water partition coefficient (Wildman–Crippen LogP) is 0.798. The van der Waals surface area contributed by atoms with Crippen molar-refractivity contribution in [1.82, 2.24) is 14.7 Å². The Bertz CT molecular complexity index is 310. The summed E-state index contributed by atoms with van der Waals surface area (Å²) < 4.78 is 0. The van der Waals surface area contributed by atoms with Gasteiger partial charge in [0.25, 0.3) is 0 Å². The van der Waals surface area contributed by atoms with Crippen molar-refractivity contribution in [2.75, 3.05) is 39.8 Å². The zero-order chi connectivity index (χ0) is 14.4. The summed E-state index contributed by atoms with van der Waals surface area (Å²) in [6.07, 6.45) is 2.20. The third-order valence-electron chi connectivity index (χ3n) is 3.94. The van der Waals surface area contributed by atoms with E-state index in [9.17, 15) is 9.59 Å². The van der Waals surface area contributed by atoms with Gasteiger partial charge < -0.3 is 9.80 Å². The van der Waals surface area contributed by atoms with E-state index in [0.29, 0.717) is 6.54 Å². The molecule has 1 fully saturated rings. The van der Waals surface area contributed by atoms with Crippen LogP contribution in [0.4, 0.5) is 0 Å². The summed E-state index contributed by atoms with van der Waals surface area (Å²) in [5.41, 5.74) is 0. The molecule has 1 saturated heterocycles. The highest BCUT2D eigenvalue weighted by atomic mass is 16.2. The summed E-state index contributed by atoms with van der Waals surface area (Å²) >= 11 is 0. The number of carbonyl (C=O) groups excluding carboxylic acids is 2. The van der Waals surface area contributed by atoms with Gasteiger partial charge in [-0.15, -0.1) is 0 Å². The lowest BCUT2D eigenvalue weighted by Gasteiger charge is -2.29. The Morgan fingerprint density at radius 2 is 1.68 bits per heavy atom. The minimum Gasteiger partial charge on any atom is -0.342 e. The topological polar surface area (TPSA) is 43.9 Å². The molecule has 0 radical (unpaired) electrons. The van der Waals surface area contributed by atoms with Gasteiger partial charge in [0, 0.05) is 26.2 Å². The molecule has 0 aromatic carbocycles. The van der Waals surface area contributed by atoms with Gasteiger partial charge in [0.2, 0.25) is 11.8 Å². The number of likely N-dealkylation sites (N-methyl/N-ethyl adjacent to an activating group) is 2. The summed E-state index contributed by atoms with van der Waals surface area (Å²) in [5.74, 6) is 0.237.